The molecular formula is C27H23F4N3O4S. The Balaban J connectivity index is 1.55. The molecule has 0 bridgehead atoms. The Bertz CT molecular complexity index is 1330. The minimum absolute atomic E-state index is 0.0234. The van der Waals surface area contributed by atoms with Gasteiger partial charge in [0.1, 0.15) is 23.4 Å². The lowest BCUT2D eigenvalue weighted by atomic mass is 10.1. The van der Waals surface area contributed by atoms with E-state index in [1.54, 1.807) is 24.3 Å². The number of nitrogens with zero attached hydrogens (tertiary/aromatic N) is 2. The van der Waals surface area contributed by atoms with Crippen LogP contribution in [0.2, 0.25) is 0 Å². The largest absolute Gasteiger partial charge is 0.573 e. The summed E-state index contributed by atoms with van der Waals surface area (Å²) in [6.45, 7) is 2.37. The first kappa shape index (κ1) is 27.8. The first-order chi connectivity index (χ1) is 18.5. The zero-order valence-electron chi connectivity index (χ0n) is 20.6. The second-order valence-electron chi connectivity index (χ2n) is 8.48. The maximum absolute atomic E-state index is 13.5. The summed E-state index contributed by atoms with van der Waals surface area (Å²) in [5.74, 6) is -1.21. The fourth-order valence-corrected chi connectivity index (χ4v) is 4.41. The van der Waals surface area contributed by atoms with E-state index in [9.17, 15) is 27.2 Å². The highest BCUT2D eigenvalue weighted by Gasteiger charge is 2.44. The number of benzene rings is 3. The van der Waals surface area contributed by atoms with Crippen molar-refractivity contribution in [3.05, 3.63) is 84.2 Å². The van der Waals surface area contributed by atoms with E-state index < -0.39 is 35.8 Å². The summed E-state index contributed by atoms with van der Waals surface area (Å²) in [5.41, 5.74) is 1.34. The maximum Gasteiger partial charge on any atom is 0.573 e. The Hall–Kier alpha value is -4.19. The predicted molar refractivity (Wildman–Crippen MR) is 140 cm³/mol. The summed E-state index contributed by atoms with van der Waals surface area (Å²) in [7, 11) is 0. The van der Waals surface area contributed by atoms with Gasteiger partial charge in [-0.05, 0) is 85.4 Å². The van der Waals surface area contributed by atoms with Gasteiger partial charge in [-0.2, -0.15) is 0 Å². The van der Waals surface area contributed by atoms with E-state index in [0.717, 1.165) is 12.1 Å². The fraction of sp³-hybridized carbons (Fsp3) is 0.222. The molecule has 1 unspecified atom stereocenters. The monoisotopic (exact) mass is 561 g/mol. The van der Waals surface area contributed by atoms with Crippen LogP contribution in [0.1, 0.15) is 18.9 Å². The van der Waals surface area contributed by atoms with Crippen molar-refractivity contribution < 1.29 is 36.6 Å². The molecule has 1 aliphatic rings. The normalized spacial score (nSPS) is 15.5. The van der Waals surface area contributed by atoms with Crippen LogP contribution in [0.3, 0.4) is 0 Å². The number of hydrogen-bond acceptors (Lipinski definition) is 5. The molecule has 0 aliphatic carbocycles. The Morgan fingerprint density at radius 3 is 2.18 bits per heavy atom. The lowest BCUT2D eigenvalue weighted by Crippen LogP contribution is -2.37. The maximum atomic E-state index is 13.5. The van der Waals surface area contributed by atoms with E-state index in [1.807, 2.05) is 6.92 Å². The van der Waals surface area contributed by atoms with E-state index in [4.69, 9.17) is 17.0 Å². The van der Waals surface area contributed by atoms with E-state index >= 15 is 0 Å². The summed E-state index contributed by atoms with van der Waals surface area (Å²) < 4.78 is 60.4. The van der Waals surface area contributed by atoms with Gasteiger partial charge in [0.2, 0.25) is 5.91 Å². The second-order valence-corrected chi connectivity index (χ2v) is 8.84. The number of carbonyl (C=O) groups excluding carboxylic acids is 2. The smallest absolute Gasteiger partial charge is 0.494 e. The number of amides is 2. The third-order valence-corrected chi connectivity index (χ3v) is 6.16. The van der Waals surface area contributed by atoms with Crippen molar-refractivity contribution in [1.82, 2.24) is 4.90 Å². The quantitative estimate of drug-likeness (QED) is 0.269. The zero-order chi connectivity index (χ0) is 28.2. The van der Waals surface area contributed by atoms with Crippen LogP contribution in [0.15, 0.2) is 72.8 Å². The number of rotatable bonds is 9. The molecule has 0 saturated carbocycles. The molecule has 1 heterocycles. The highest BCUT2D eigenvalue weighted by molar-refractivity contribution is 7.80. The molecular weight excluding hydrogens is 538 g/mol. The van der Waals surface area contributed by atoms with Crippen LogP contribution in [0, 0.1) is 5.82 Å². The predicted octanol–water partition coefficient (Wildman–Crippen LogP) is 5.65. The topological polar surface area (TPSA) is 71.1 Å². The van der Waals surface area contributed by atoms with E-state index in [0.29, 0.717) is 29.3 Å². The van der Waals surface area contributed by atoms with Crippen LogP contribution >= 0.6 is 12.2 Å². The zero-order valence-corrected chi connectivity index (χ0v) is 21.4. The SMILES string of the molecule is CCOc1ccc(NC(=O)CC2C(=O)N(c3ccc(F)cc3)C(=S)N2Cc2ccc(OC(F)(F)F)cc2)cc1. The van der Waals surface area contributed by atoms with Gasteiger partial charge in [-0.3, -0.25) is 14.5 Å². The van der Waals surface area contributed by atoms with Crippen LogP contribution in [0.5, 0.6) is 11.5 Å². The summed E-state index contributed by atoms with van der Waals surface area (Å²) in [5, 5.41) is 2.81. The third-order valence-electron chi connectivity index (χ3n) is 5.74. The lowest BCUT2D eigenvalue weighted by molar-refractivity contribution is -0.274. The standard InChI is InChI=1S/C27H23F4N3O4S/c1-2-37-21-13-7-19(8-14-21)32-24(35)15-23-25(36)34(20-9-5-18(28)6-10-20)26(39)33(23)16-17-3-11-22(12-4-17)38-27(29,30)31/h3-14,23H,2,15-16H2,1H3,(H,32,35). The van der Waals surface area contributed by atoms with Gasteiger partial charge >= 0.3 is 6.36 Å². The molecule has 204 valence electrons. The molecule has 4 rings (SSSR count). The van der Waals surface area contributed by atoms with Crippen molar-refractivity contribution in [2.45, 2.75) is 32.3 Å². The Morgan fingerprint density at radius 1 is 0.974 bits per heavy atom. The first-order valence-corrected chi connectivity index (χ1v) is 12.2. The fourth-order valence-electron chi connectivity index (χ4n) is 4.02. The molecule has 1 saturated heterocycles. The minimum Gasteiger partial charge on any atom is -0.494 e. The molecule has 7 nitrogen and oxygen atoms in total. The Labute approximate surface area is 226 Å². The van der Waals surface area contributed by atoms with Gasteiger partial charge in [-0.25, -0.2) is 4.39 Å². The van der Waals surface area contributed by atoms with Gasteiger partial charge in [0.25, 0.3) is 5.91 Å². The minimum atomic E-state index is -4.83. The molecule has 39 heavy (non-hydrogen) atoms. The molecule has 0 radical (unpaired) electrons. The first-order valence-electron chi connectivity index (χ1n) is 11.8. The molecule has 0 spiro atoms. The van der Waals surface area contributed by atoms with Gasteiger partial charge < -0.3 is 19.7 Å². The number of halogens is 4. The number of ether oxygens (including phenoxy) is 2. The van der Waals surface area contributed by atoms with Crippen LogP contribution in [0.25, 0.3) is 0 Å². The number of alkyl halides is 3. The number of hydrogen-bond donors (Lipinski definition) is 1. The molecule has 3 aromatic carbocycles. The average molecular weight is 562 g/mol. The number of carbonyl (C=O) groups is 2. The summed E-state index contributed by atoms with van der Waals surface area (Å²) in [6, 6.07) is 16.0. The Kier molecular flexibility index (Phi) is 8.34. The van der Waals surface area contributed by atoms with Crippen LogP contribution < -0.4 is 19.7 Å². The lowest BCUT2D eigenvalue weighted by Gasteiger charge is -2.24. The van der Waals surface area contributed by atoms with Gasteiger partial charge in [-0.1, -0.05) is 12.1 Å². The van der Waals surface area contributed by atoms with E-state index in [-0.39, 0.29) is 18.1 Å². The van der Waals surface area contributed by atoms with Gasteiger partial charge in [-0.15, -0.1) is 13.2 Å². The molecule has 0 aromatic heterocycles. The van der Waals surface area contributed by atoms with Crippen LogP contribution in [0.4, 0.5) is 28.9 Å². The molecule has 1 aliphatic heterocycles. The Morgan fingerprint density at radius 2 is 1.59 bits per heavy atom. The van der Waals surface area contributed by atoms with Crippen molar-refractivity contribution in [1.29, 1.82) is 0 Å². The highest BCUT2D eigenvalue weighted by atomic mass is 32.1. The molecule has 1 atom stereocenters. The molecule has 1 fully saturated rings. The number of thiocarbonyl (C=S) groups is 1. The molecule has 2 amide bonds. The van der Waals surface area contributed by atoms with Crippen molar-refractivity contribution >= 4 is 40.5 Å². The van der Waals surface area contributed by atoms with E-state index in [1.165, 1.54) is 46.2 Å². The van der Waals surface area contributed by atoms with Gasteiger partial charge in [0, 0.05) is 12.2 Å². The average Bonchev–Trinajstić information content (AvgIpc) is 3.10. The molecule has 12 heteroatoms. The van der Waals surface area contributed by atoms with Crippen LogP contribution in [-0.4, -0.2) is 40.8 Å². The summed E-state index contributed by atoms with van der Waals surface area (Å²) in [4.78, 5) is 29.1. The molecule has 1 N–H and O–H groups in total. The van der Waals surface area contributed by atoms with E-state index in [2.05, 4.69) is 10.1 Å². The second kappa shape index (κ2) is 11.7. The van der Waals surface area contributed by atoms with Crippen LogP contribution in [-0.2, 0) is 16.1 Å². The molecule has 3 aromatic rings. The van der Waals surface area contributed by atoms with Gasteiger partial charge in [0.05, 0.1) is 18.7 Å². The van der Waals surface area contributed by atoms with Crippen molar-refractivity contribution in [2.75, 3.05) is 16.8 Å². The summed E-state index contributed by atoms with van der Waals surface area (Å²) in [6.07, 6.45) is -5.10. The third kappa shape index (κ3) is 7.02. The van der Waals surface area contributed by atoms with Crippen molar-refractivity contribution in [3.63, 3.8) is 0 Å². The van der Waals surface area contributed by atoms with Crippen molar-refractivity contribution in [2.24, 2.45) is 0 Å². The summed E-state index contributed by atoms with van der Waals surface area (Å²) >= 11 is 5.57. The number of anilines is 2. The highest BCUT2D eigenvalue weighted by Crippen LogP contribution is 2.30. The van der Waals surface area contributed by atoms with Gasteiger partial charge in [0.15, 0.2) is 5.11 Å². The number of nitrogens with one attached hydrogen (secondary N) is 1. The van der Waals surface area contributed by atoms with Crippen molar-refractivity contribution in [3.8, 4) is 11.5 Å².